The van der Waals surface area contributed by atoms with E-state index in [1.807, 2.05) is 12.1 Å². The van der Waals surface area contributed by atoms with Gasteiger partial charge in [-0.2, -0.15) is 0 Å². The first-order chi connectivity index (χ1) is 8.65. The lowest BCUT2D eigenvalue weighted by atomic mass is 9.87. The van der Waals surface area contributed by atoms with Gasteiger partial charge in [0.15, 0.2) is 0 Å². The highest BCUT2D eigenvalue weighted by Gasteiger charge is 2.33. The van der Waals surface area contributed by atoms with Crippen LogP contribution in [-0.2, 0) is 0 Å². The van der Waals surface area contributed by atoms with Gasteiger partial charge in [-0.3, -0.25) is 0 Å². The molecule has 1 saturated carbocycles. The predicted octanol–water partition coefficient (Wildman–Crippen LogP) is 3.54. The van der Waals surface area contributed by atoms with Crippen molar-refractivity contribution in [3.05, 3.63) is 34.9 Å². The second kappa shape index (κ2) is 6.05. The highest BCUT2D eigenvalue weighted by molar-refractivity contribution is 6.30. The summed E-state index contributed by atoms with van der Waals surface area (Å²) in [7, 11) is 0. The first-order valence-electron chi connectivity index (χ1n) is 6.75. The van der Waals surface area contributed by atoms with Crippen LogP contribution in [0.1, 0.15) is 44.2 Å². The molecule has 1 aliphatic carbocycles. The molecule has 0 heterocycles. The average Bonchev–Trinajstić information content (AvgIpc) is 2.86. The normalized spacial score (nSPS) is 19.9. The Bertz CT molecular complexity index is 371. The highest BCUT2D eigenvalue weighted by atomic mass is 35.5. The molecule has 1 atom stereocenters. The molecule has 3 heteroatoms. The molecular weight excluding hydrogens is 246 g/mol. The molecule has 0 amide bonds. The second-order valence-electron chi connectivity index (χ2n) is 5.52. The summed E-state index contributed by atoms with van der Waals surface area (Å²) >= 11 is 5.89. The van der Waals surface area contributed by atoms with Gasteiger partial charge in [0.05, 0.1) is 0 Å². The Morgan fingerprint density at radius 1 is 1.28 bits per heavy atom. The lowest BCUT2D eigenvalue weighted by molar-refractivity contribution is 0.125. The average molecular weight is 268 g/mol. The van der Waals surface area contributed by atoms with Crippen molar-refractivity contribution < 1.29 is 5.11 Å². The third-order valence-electron chi connectivity index (χ3n) is 4.15. The second-order valence-corrected chi connectivity index (χ2v) is 5.96. The highest BCUT2D eigenvalue weighted by Crippen LogP contribution is 2.37. The van der Waals surface area contributed by atoms with Crippen LogP contribution in [0, 0.1) is 5.41 Å². The fourth-order valence-electron chi connectivity index (χ4n) is 2.75. The fraction of sp³-hybridized carbons (Fsp3) is 0.600. The molecule has 1 aromatic carbocycles. The SMILES string of the molecule is CC(NCC1(CO)CCCC1)c1ccc(Cl)cc1. The molecule has 1 unspecified atom stereocenters. The molecule has 1 fully saturated rings. The maximum absolute atomic E-state index is 9.58. The summed E-state index contributed by atoms with van der Waals surface area (Å²) in [6, 6.07) is 8.26. The summed E-state index contributed by atoms with van der Waals surface area (Å²) in [6.45, 7) is 3.35. The summed E-state index contributed by atoms with van der Waals surface area (Å²) in [5.74, 6) is 0. The smallest absolute Gasteiger partial charge is 0.0499 e. The summed E-state index contributed by atoms with van der Waals surface area (Å²) in [6.07, 6.45) is 4.78. The predicted molar refractivity (Wildman–Crippen MR) is 75.9 cm³/mol. The van der Waals surface area contributed by atoms with Crippen LogP contribution in [-0.4, -0.2) is 18.3 Å². The van der Waals surface area contributed by atoms with E-state index in [4.69, 9.17) is 11.6 Å². The first-order valence-corrected chi connectivity index (χ1v) is 7.13. The van der Waals surface area contributed by atoms with E-state index < -0.39 is 0 Å². The van der Waals surface area contributed by atoms with Gasteiger partial charge in [-0.05, 0) is 37.5 Å². The monoisotopic (exact) mass is 267 g/mol. The maximum Gasteiger partial charge on any atom is 0.0499 e. The largest absolute Gasteiger partial charge is 0.396 e. The lowest BCUT2D eigenvalue weighted by Gasteiger charge is -2.29. The molecule has 0 aromatic heterocycles. The van der Waals surface area contributed by atoms with Gasteiger partial charge in [0.2, 0.25) is 0 Å². The minimum absolute atomic E-state index is 0.112. The van der Waals surface area contributed by atoms with Crippen LogP contribution in [0.15, 0.2) is 24.3 Å². The van der Waals surface area contributed by atoms with Crippen LogP contribution in [0.5, 0.6) is 0 Å². The first kappa shape index (κ1) is 13.9. The van der Waals surface area contributed by atoms with Crippen molar-refractivity contribution in [1.29, 1.82) is 0 Å². The summed E-state index contributed by atoms with van der Waals surface area (Å²) in [4.78, 5) is 0. The van der Waals surface area contributed by atoms with Crippen LogP contribution in [0.2, 0.25) is 5.02 Å². The number of hydrogen-bond donors (Lipinski definition) is 2. The minimum atomic E-state index is 0.112. The van der Waals surface area contributed by atoms with E-state index in [2.05, 4.69) is 24.4 Å². The fourth-order valence-corrected chi connectivity index (χ4v) is 2.88. The Hall–Kier alpha value is -0.570. The Balaban J connectivity index is 1.91. The number of halogens is 1. The summed E-state index contributed by atoms with van der Waals surface area (Å²) < 4.78 is 0. The molecule has 0 bridgehead atoms. The van der Waals surface area contributed by atoms with E-state index in [0.29, 0.717) is 12.6 Å². The number of hydrogen-bond acceptors (Lipinski definition) is 2. The number of aliphatic hydroxyl groups excluding tert-OH is 1. The van der Waals surface area contributed by atoms with Crippen molar-refractivity contribution in [3.8, 4) is 0 Å². The molecule has 18 heavy (non-hydrogen) atoms. The van der Waals surface area contributed by atoms with Crippen molar-refractivity contribution in [2.75, 3.05) is 13.2 Å². The molecule has 0 saturated heterocycles. The van der Waals surface area contributed by atoms with Crippen LogP contribution in [0.25, 0.3) is 0 Å². The molecule has 0 aliphatic heterocycles. The van der Waals surface area contributed by atoms with Crippen LogP contribution in [0.4, 0.5) is 0 Å². The standard InChI is InChI=1S/C15H22ClNO/c1-12(13-4-6-14(16)7-5-13)17-10-15(11-18)8-2-3-9-15/h4-7,12,17-18H,2-3,8-11H2,1H3. The number of rotatable bonds is 5. The zero-order valence-corrected chi connectivity index (χ0v) is 11.7. The van der Waals surface area contributed by atoms with Crippen molar-refractivity contribution in [1.82, 2.24) is 5.32 Å². The van der Waals surface area contributed by atoms with Crippen LogP contribution in [0.3, 0.4) is 0 Å². The molecule has 0 spiro atoms. The van der Waals surface area contributed by atoms with Gasteiger partial charge in [-0.1, -0.05) is 36.6 Å². The Kier molecular flexibility index (Phi) is 4.66. The van der Waals surface area contributed by atoms with Gasteiger partial charge >= 0.3 is 0 Å². The van der Waals surface area contributed by atoms with E-state index in [-0.39, 0.29) is 5.41 Å². The lowest BCUT2D eigenvalue weighted by Crippen LogP contribution is -2.36. The van der Waals surface area contributed by atoms with Crippen molar-refractivity contribution in [3.63, 3.8) is 0 Å². The van der Waals surface area contributed by atoms with Crippen LogP contribution >= 0.6 is 11.6 Å². The molecular formula is C15H22ClNO. The number of aliphatic hydroxyl groups is 1. The molecule has 1 aromatic rings. The van der Waals surface area contributed by atoms with E-state index in [1.165, 1.54) is 18.4 Å². The van der Waals surface area contributed by atoms with Gasteiger partial charge in [-0.15, -0.1) is 0 Å². The molecule has 2 rings (SSSR count). The zero-order chi connectivity index (χ0) is 13.0. The van der Waals surface area contributed by atoms with Gasteiger partial charge in [-0.25, -0.2) is 0 Å². The third-order valence-corrected chi connectivity index (χ3v) is 4.40. The quantitative estimate of drug-likeness (QED) is 0.855. The summed E-state index contributed by atoms with van der Waals surface area (Å²) in [5.41, 5.74) is 1.35. The Morgan fingerprint density at radius 3 is 2.44 bits per heavy atom. The van der Waals surface area contributed by atoms with Crippen molar-refractivity contribution in [2.45, 2.75) is 38.6 Å². The molecule has 0 radical (unpaired) electrons. The topological polar surface area (TPSA) is 32.3 Å². The van der Waals surface area contributed by atoms with E-state index in [9.17, 15) is 5.11 Å². The minimum Gasteiger partial charge on any atom is -0.396 e. The van der Waals surface area contributed by atoms with E-state index >= 15 is 0 Å². The molecule has 100 valence electrons. The van der Waals surface area contributed by atoms with Crippen LogP contribution < -0.4 is 5.32 Å². The number of benzene rings is 1. The van der Waals surface area contributed by atoms with Gasteiger partial charge < -0.3 is 10.4 Å². The molecule has 2 nitrogen and oxygen atoms in total. The van der Waals surface area contributed by atoms with Gasteiger partial charge in [0.1, 0.15) is 0 Å². The maximum atomic E-state index is 9.58. The van der Waals surface area contributed by atoms with E-state index in [1.54, 1.807) is 0 Å². The third kappa shape index (κ3) is 3.25. The van der Waals surface area contributed by atoms with E-state index in [0.717, 1.165) is 24.4 Å². The number of nitrogens with one attached hydrogen (secondary N) is 1. The molecule has 2 N–H and O–H groups in total. The Labute approximate surface area is 114 Å². The van der Waals surface area contributed by atoms with Crippen molar-refractivity contribution >= 4 is 11.6 Å². The Morgan fingerprint density at radius 2 is 1.89 bits per heavy atom. The van der Waals surface area contributed by atoms with Crippen molar-refractivity contribution in [2.24, 2.45) is 5.41 Å². The summed E-state index contributed by atoms with van der Waals surface area (Å²) in [5, 5.41) is 13.9. The van der Waals surface area contributed by atoms with Gasteiger partial charge in [0, 0.05) is 29.6 Å². The zero-order valence-electron chi connectivity index (χ0n) is 11.0. The van der Waals surface area contributed by atoms with Gasteiger partial charge in [0.25, 0.3) is 0 Å². The molecule has 1 aliphatic rings.